The molecular weight excluding hydrogens is 517 g/mol. The predicted molar refractivity (Wildman–Crippen MR) is 144 cm³/mol. The van der Waals surface area contributed by atoms with Crippen molar-refractivity contribution in [3.63, 3.8) is 0 Å². The first-order chi connectivity index (χ1) is 17.2. The van der Waals surface area contributed by atoms with Crippen molar-refractivity contribution in [2.45, 2.75) is 51.1 Å². The fourth-order valence-corrected chi connectivity index (χ4v) is 6.33. The molecule has 0 aliphatic carbocycles. The molecule has 1 N–H and O–H groups in total. The zero-order valence-electron chi connectivity index (χ0n) is 20.4. The molecule has 3 aromatic rings. The number of aromatic nitrogens is 1. The van der Waals surface area contributed by atoms with E-state index in [-0.39, 0.29) is 17.9 Å². The molecule has 0 bridgehead atoms. The van der Waals surface area contributed by atoms with Gasteiger partial charge in [0.15, 0.2) is 4.80 Å². The van der Waals surface area contributed by atoms with Crippen LogP contribution < -0.4 is 4.80 Å². The molecule has 9 heteroatoms. The maximum Gasteiger partial charge on any atom is 0.326 e. The summed E-state index contributed by atoms with van der Waals surface area (Å²) in [6.45, 7) is 4.54. The van der Waals surface area contributed by atoms with Gasteiger partial charge in [-0.1, -0.05) is 72.7 Å². The van der Waals surface area contributed by atoms with Crippen molar-refractivity contribution in [1.82, 2.24) is 9.47 Å². The average molecular weight is 547 g/mol. The highest BCUT2D eigenvalue weighted by Crippen LogP contribution is 2.33. The number of thiazole rings is 1. The number of nitrogens with zero attached hydrogens (tertiary/aromatic N) is 3. The van der Waals surface area contributed by atoms with Gasteiger partial charge in [0.1, 0.15) is 10.9 Å². The van der Waals surface area contributed by atoms with Crippen LogP contribution in [0.2, 0.25) is 10.0 Å². The third-order valence-corrected chi connectivity index (χ3v) is 8.19. The molecule has 1 saturated heterocycles. The molecule has 1 aliphatic heterocycles. The minimum Gasteiger partial charge on any atom is -0.480 e. The molecule has 2 aromatic carbocycles. The Balaban J connectivity index is 1.88. The molecule has 2 heterocycles. The smallest absolute Gasteiger partial charge is 0.326 e. The number of likely N-dealkylation sites (tertiary alicyclic amines) is 1. The van der Waals surface area contributed by atoms with Crippen LogP contribution in [0.5, 0.6) is 0 Å². The van der Waals surface area contributed by atoms with E-state index in [2.05, 4.69) is 23.4 Å². The number of carboxylic acid groups (broad SMARTS) is 1. The Morgan fingerprint density at radius 2 is 1.69 bits per heavy atom. The molecule has 4 rings (SSSR count). The van der Waals surface area contributed by atoms with E-state index < -0.39 is 12.0 Å². The lowest BCUT2D eigenvalue weighted by atomic mass is 9.97. The second kappa shape index (κ2) is 11.2. The van der Waals surface area contributed by atoms with Gasteiger partial charge in [-0.2, -0.15) is 0 Å². The monoisotopic (exact) mass is 545 g/mol. The highest BCUT2D eigenvalue weighted by Gasteiger charge is 2.37. The number of amides is 1. The van der Waals surface area contributed by atoms with Crippen LogP contribution in [0.3, 0.4) is 0 Å². The predicted octanol–water partition coefficient (Wildman–Crippen LogP) is 6.03. The maximum atomic E-state index is 13.8. The van der Waals surface area contributed by atoms with Gasteiger partial charge < -0.3 is 14.6 Å². The normalized spacial score (nSPS) is 17.1. The van der Waals surface area contributed by atoms with Crippen molar-refractivity contribution in [2.24, 2.45) is 4.99 Å². The van der Waals surface area contributed by atoms with Crippen LogP contribution in [0.25, 0.3) is 0 Å². The highest BCUT2D eigenvalue weighted by atomic mass is 35.5. The molecule has 6 nitrogen and oxygen atoms in total. The summed E-state index contributed by atoms with van der Waals surface area (Å²) < 4.78 is 2.15. The van der Waals surface area contributed by atoms with Gasteiger partial charge in [-0.3, -0.25) is 9.79 Å². The maximum absolute atomic E-state index is 13.8. The summed E-state index contributed by atoms with van der Waals surface area (Å²) in [5.74, 6) is -1.20. The lowest BCUT2D eigenvalue weighted by Crippen LogP contribution is -2.40. The molecule has 1 aromatic heterocycles. The van der Waals surface area contributed by atoms with E-state index in [4.69, 9.17) is 23.2 Å². The fourth-order valence-electron chi connectivity index (χ4n) is 4.84. The van der Waals surface area contributed by atoms with Crippen LogP contribution in [0.1, 0.15) is 65.1 Å². The number of rotatable bonds is 7. The zero-order valence-corrected chi connectivity index (χ0v) is 22.8. The fraction of sp³-hybridized carbons (Fsp3) is 0.370. The quantitative estimate of drug-likeness (QED) is 0.393. The van der Waals surface area contributed by atoms with Gasteiger partial charge in [-0.05, 0) is 60.6 Å². The molecule has 2 atom stereocenters. The lowest BCUT2D eigenvalue weighted by molar-refractivity contribution is -0.141. The summed E-state index contributed by atoms with van der Waals surface area (Å²) in [6, 6.07) is 14.5. The molecule has 0 unspecified atom stereocenters. The molecule has 190 valence electrons. The highest BCUT2D eigenvalue weighted by molar-refractivity contribution is 7.11. The van der Waals surface area contributed by atoms with Crippen LogP contribution in [0.15, 0.2) is 53.5 Å². The van der Waals surface area contributed by atoms with E-state index in [9.17, 15) is 14.7 Å². The molecular formula is C27H29Cl2N3O3S. The second-order valence-electron chi connectivity index (χ2n) is 9.24. The lowest BCUT2D eigenvalue weighted by Gasteiger charge is -2.26. The number of carboxylic acids is 1. The van der Waals surface area contributed by atoms with E-state index in [0.717, 1.165) is 16.8 Å². The Bertz CT molecular complexity index is 1310. The first-order valence-corrected chi connectivity index (χ1v) is 13.5. The van der Waals surface area contributed by atoms with Crippen molar-refractivity contribution < 1.29 is 14.7 Å². The number of carbonyl (C=O) groups excluding carboxylic acids is 1. The second-order valence-corrected chi connectivity index (χ2v) is 11.1. The Hall–Kier alpha value is -2.61. The number of benzene rings is 2. The van der Waals surface area contributed by atoms with Crippen molar-refractivity contribution >= 4 is 46.4 Å². The molecule has 0 radical (unpaired) electrons. The summed E-state index contributed by atoms with van der Waals surface area (Å²) in [7, 11) is 1.72. The van der Waals surface area contributed by atoms with Crippen LogP contribution in [0, 0.1) is 0 Å². The van der Waals surface area contributed by atoms with Gasteiger partial charge in [-0.15, -0.1) is 0 Å². The average Bonchev–Trinajstić information content (AvgIpc) is 3.49. The third kappa shape index (κ3) is 5.38. The van der Waals surface area contributed by atoms with E-state index in [1.54, 1.807) is 7.05 Å². The van der Waals surface area contributed by atoms with Crippen LogP contribution in [0.4, 0.5) is 0 Å². The number of carbonyl (C=O) groups is 2. The van der Waals surface area contributed by atoms with Crippen LogP contribution >= 0.6 is 34.5 Å². The van der Waals surface area contributed by atoms with E-state index in [1.165, 1.54) is 16.2 Å². The van der Waals surface area contributed by atoms with Gasteiger partial charge in [-0.25, -0.2) is 4.79 Å². The molecule has 0 spiro atoms. The number of hydrogen-bond donors (Lipinski definition) is 1. The van der Waals surface area contributed by atoms with Crippen molar-refractivity contribution in [3.8, 4) is 0 Å². The summed E-state index contributed by atoms with van der Waals surface area (Å²) in [4.78, 5) is 32.9. The molecule has 0 saturated carbocycles. The Labute approximate surface area is 224 Å². The molecule has 1 fully saturated rings. The standard InChI is InChI=1S/C27H29Cl2N3O3S/c1-16(2)23-24(25(33)31-14-4-5-21(31)26(34)35)36-27(30-3)32(23)22(18-8-12-20(29)13-9-18)15-17-6-10-19(28)11-7-17/h6-13,16,21-22H,4-5,14-15H2,1-3H3,(H,34,35)/t21-,22-/m0/s1. The Morgan fingerprint density at radius 1 is 1.08 bits per heavy atom. The van der Waals surface area contributed by atoms with E-state index in [1.807, 2.05) is 48.5 Å². The van der Waals surface area contributed by atoms with Gasteiger partial charge >= 0.3 is 5.97 Å². The summed E-state index contributed by atoms with van der Waals surface area (Å²) in [5, 5.41) is 11.0. The molecule has 1 amide bonds. The van der Waals surface area contributed by atoms with Gasteiger partial charge in [0.05, 0.1) is 6.04 Å². The SMILES string of the molecule is CN=c1sc(C(=O)N2CCC[C@H]2C(=O)O)c(C(C)C)n1[C@@H](Cc1ccc(Cl)cc1)c1ccc(Cl)cc1. The van der Waals surface area contributed by atoms with E-state index in [0.29, 0.717) is 45.5 Å². The van der Waals surface area contributed by atoms with Gasteiger partial charge in [0, 0.05) is 29.3 Å². The van der Waals surface area contributed by atoms with Crippen molar-refractivity contribution in [2.75, 3.05) is 13.6 Å². The Morgan fingerprint density at radius 3 is 2.25 bits per heavy atom. The number of halogens is 2. The first-order valence-electron chi connectivity index (χ1n) is 11.9. The van der Waals surface area contributed by atoms with Crippen LogP contribution in [-0.2, 0) is 11.2 Å². The molecule has 1 aliphatic rings. The Kier molecular flexibility index (Phi) is 8.23. The summed E-state index contributed by atoms with van der Waals surface area (Å²) in [5.41, 5.74) is 2.98. The summed E-state index contributed by atoms with van der Waals surface area (Å²) >= 11 is 13.7. The minimum absolute atomic E-state index is 0.00148. The molecule has 36 heavy (non-hydrogen) atoms. The van der Waals surface area contributed by atoms with Crippen LogP contribution in [-0.4, -0.2) is 46.1 Å². The van der Waals surface area contributed by atoms with Gasteiger partial charge in [0.25, 0.3) is 5.91 Å². The van der Waals surface area contributed by atoms with E-state index >= 15 is 0 Å². The topological polar surface area (TPSA) is 74.9 Å². The van der Waals surface area contributed by atoms with Crippen molar-refractivity contribution in [3.05, 3.63) is 85.1 Å². The first kappa shape index (κ1) is 26.5. The number of hydrogen-bond acceptors (Lipinski definition) is 4. The third-order valence-electron chi connectivity index (χ3n) is 6.53. The van der Waals surface area contributed by atoms with Crippen molar-refractivity contribution in [1.29, 1.82) is 0 Å². The minimum atomic E-state index is -0.960. The summed E-state index contributed by atoms with van der Waals surface area (Å²) in [6.07, 6.45) is 1.80. The number of aliphatic carboxylic acids is 1. The zero-order chi connectivity index (χ0) is 26.0. The van der Waals surface area contributed by atoms with Gasteiger partial charge in [0.2, 0.25) is 0 Å². The largest absolute Gasteiger partial charge is 0.480 e.